The van der Waals surface area contributed by atoms with Gasteiger partial charge in [-0.15, -0.1) is 14.7 Å². The number of rotatable bonds is 4. The van der Waals surface area contributed by atoms with Crippen molar-refractivity contribution in [2.24, 2.45) is 15.5 Å². The van der Waals surface area contributed by atoms with Gasteiger partial charge in [-0.2, -0.15) is 0 Å². The summed E-state index contributed by atoms with van der Waals surface area (Å²) < 4.78 is 5.86. The van der Waals surface area contributed by atoms with E-state index in [4.69, 9.17) is 4.74 Å². The molecule has 0 fully saturated rings. The van der Waals surface area contributed by atoms with Crippen molar-refractivity contribution in [3.63, 3.8) is 0 Å². The van der Waals surface area contributed by atoms with E-state index >= 15 is 0 Å². The summed E-state index contributed by atoms with van der Waals surface area (Å²) in [5.41, 5.74) is 1.95. The quantitative estimate of drug-likeness (QED) is 0.796. The topological polar surface area (TPSA) is 118 Å². The summed E-state index contributed by atoms with van der Waals surface area (Å²) in [4.78, 5) is 32.6. The molecule has 2 aromatic carbocycles. The molecule has 0 bridgehead atoms. The highest BCUT2D eigenvalue weighted by Gasteiger charge is 2.26. The maximum Gasteiger partial charge on any atom is 0.140 e. The van der Waals surface area contributed by atoms with Crippen molar-refractivity contribution >= 4 is 17.1 Å². The van der Waals surface area contributed by atoms with Crippen LogP contribution < -0.4 is 4.74 Å². The van der Waals surface area contributed by atoms with Gasteiger partial charge in [-0.1, -0.05) is 0 Å². The van der Waals surface area contributed by atoms with Gasteiger partial charge in [-0.3, -0.25) is 0 Å². The third-order valence-corrected chi connectivity index (χ3v) is 4.06. The minimum Gasteiger partial charge on any atom is -0.508 e. The van der Waals surface area contributed by atoms with Crippen LogP contribution >= 0.6 is 0 Å². The first-order chi connectivity index (χ1) is 11.6. The van der Waals surface area contributed by atoms with E-state index in [2.05, 4.69) is 15.5 Å². The second-order valence-electron chi connectivity index (χ2n) is 5.57. The third-order valence-electron chi connectivity index (χ3n) is 4.06. The molecule has 0 aliphatic carbocycles. The van der Waals surface area contributed by atoms with Crippen molar-refractivity contribution in [2.75, 3.05) is 0 Å². The van der Waals surface area contributed by atoms with Gasteiger partial charge in [0.1, 0.15) is 34.7 Å². The third kappa shape index (κ3) is 2.62. The number of phenolic OH excluding ortho intramolecular Hbond substituents is 1. The fourth-order valence-corrected chi connectivity index (χ4v) is 2.94. The van der Waals surface area contributed by atoms with Crippen LogP contribution in [0.15, 0.2) is 39.8 Å². The zero-order valence-corrected chi connectivity index (χ0v) is 12.7. The number of hydrogen-bond donors (Lipinski definition) is 1. The van der Waals surface area contributed by atoms with E-state index in [0.717, 1.165) is 0 Å². The number of aromatic hydroxyl groups is 1. The van der Waals surface area contributed by atoms with Crippen molar-refractivity contribution in [3.05, 3.63) is 55.7 Å². The first-order valence-electron chi connectivity index (χ1n) is 7.24. The van der Waals surface area contributed by atoms with Gasteiger partial charge < -0.3 is 9.84 Å². The van der Waals surface area contributed by atoms with Gasteiger partial charge >= 0.3 is 0 Å². The minimum absolute atomic E-state index is 0.00930. The van der Waals surface area contributed by atoms with Crippen LogP contribution in [0.25, 0.3) is 0 Å². The number of nitroso groups, excluding NO2 is 3. The molecule has 8 heteroatoms. The molecule has 3 rings (SSSR count). The van der Waals surface area contributed by atoms with E-state index < -0.39 is 6.10 Å². The molecule has 0 saturated heterocycles. The van der Waals surface area contributed by atoms with Crippen LogP contribution in [0.4, 0.5) is 17.1 Å². The van der Waals surface area contributed by atoms with E-state index in [-0.39, 0.29) is 22.8 Å². The lowest BCUT2D eigenvalue weighted by atomic mass is 9.94. The Kier molecular flexibility index (Phi) is 4.03. The van der Waals surface area contributed by atoms with E-state index in [1.54, 1.807) is 13.0 Å². The fraction of sp³-hybridized carbons (Fsp3) is 0.250. The lowest BCUT2D eigenvalue weighted by Crippen LogP contribution is -2.15. The SMILES string of the molecule is Cc1cc(C2CCc3c(N=O)cc(O)cc3O2)cc(N=O)c1N=O. The minimum atomic E-state index is -0.404. The molecular weight excluding hydrogens is 314 g/mol. The van der Waals surface area contributed by atoms with Gasteiger partial charge in [0.15, 0.2) is 0 Å². The number of phenols is 1. The normalized spacial score (nSPS) is 16.0. The largest absolute Gasteiger partial charge is 0.508 e. The van der Waals surface area contributed by atoms with Crippen LogP contribution in [-0.2, 0) is 6.42 Å². The van der Waals surface area contributed by atoms with E-state index in [1.165, 1.54) is 18.2 Å². The number of hydrogen-bond acceptors (Lipinski definition) is 8. The molecule has 2 aromatic rings. The Morgan fingerprint density at radius 1 is 1.04 bits per heavy atom. The zero-order valence-electron chi connectivity index (χ0n) is 12.7. The summed E-state index contributed by atoms with van der Waals surface area (Å²) in [5, 5.41) is 18.3. The van der Waals surface area contributed by atoms with Gasteiger partial charge in [-0.25, -0.2) is 0 Å². The molecule has 0 saturated carbocycles. The van der Waals surface area contributed by atoms with Crippen molar-refractivity contribution in [1.82, 2.24) is 0 Å². The maximum absolute atomic E-state index is 10.9. The maximum atomic E-state index is 10.9. The molecule has 1 aliphatic heterocycles. The summed E-state index contributed by atoms with van der Waals surface area (Å²) in [6, 6.07) is 5.89. The second kappa shape index (κ2) is 6.15. The number of benzene rings is 2. The Morgan fingerprint density at radius 3 is 2.46 bits per heavy atom. The molecular formula is C16H13N3O5. The predicted molar refractivity (Wildman–Crippen MR) is 87.3 cm³/mol. The molecule has 1 atom stereocenters. The van der Waals surface area contributed by atoms with Crippen LogP contribution in [-0.4, -0.2) is 5.11 Å². The molecule has 24 heavy (non-hydrogen) atoms. The molecule has 1 heterocycles. The second-order valence-corrected chi connectivity index (χ2v) is 5.57. The summed E-state index contributed by atoms with van der Waals surface area (Å²) in [7, 11) is 0. The summed E-state index contributed by atoms with van der Waals surface area (Å²) in [6.07, 6.45) is 0.669. The fourth-order valence-electron chi connectivity index (χ4n) is 2.94. The first kappa shape index (κ1) is 15.7. The van der Waals surface area contributed by atoms with Gasteiger partial charge in [0.25, 0.3) is 0 Å². The van der Waals surface area contributed by atoms with E-state index in [1.807, 2.05) is 0 Å². The highest BCUT2D eigenvalue weighted by atomic mass is 16.5. The van der Waals surface area contributed by atoms with Crippen molar-refractivity contribution in [3.8, 4) is 11.5 Å². The molecule has 0 amide bonds. The van der Waals surface area contributed by atoms with Crippen LogP contribution in [0.1, 0.15) is 29.2 Å². The van der Waals surface area contributed by atoms with Crippen molar-refractivity contribution < 1.29 is 9.84 Å². The Hall–Kier alpha value is -3.16. The van der Waals surface area contributed by atoms with Crippen LogP contribution in [0.2, 0.25) is 0 Å². The van der Waals surface area contributed by atoms with E-state index in [9.17, 15) is 19.8 Å². The number of nitrogens with zero attached hydrogens (tertiary/aromatic N) is 3. The Bertz CT molecular complexity index is 850. The average molecular weight is 327 g/mol. The number of fused-ring (bicyclic) bond motifs is 1. The summed E-state index contributed by atoms with van der Waals surface area (Å²) in [6.45, 7) is 1.66. The standard InChI is InChI=1S/C16H13N3O5/c1-8-4-9(5-13(18-22)16(8)19-23)14-3-2-11-12(17-21)6-10(20)7-15(11)24-14/h4-7,14,20H,2-3H2,1H3. The first-order valence-corrected chi connectivity index (χ1v) is 7.24. The molecule has 0 spiro atoms. The Morgan fingerprint density at radius 2 is 1.79 bits per heavy atom. The lowest BCUT2D eigenvalue weighted by Gasteiger charge is -2.27. The van der Waals surface area contributed by atoms with E-state index in [0.29, 0.717) is 35.3 Å². The molecule has 122 valence electrons. The molecule has 1 N–H and O–H groups in total. The molecule has 8 nitrogen and oxygen atoms in total. The Labute approximate surface area is 136 Å². The molecule has 0 aromatic heterocycles. The zero-order chi connectivity index (χ0) is 17.3. The smallest absolute Gasteiger partial charge is 0.140 e. The summed E-state index contributed by atoms with van der Waals surface area (Å²) in [5.74, 6) is 0.257. The average Bonchev–Trinajstić information content (AvgIpc) is 2.59. The molecule has 0 radical (unpaired) electrons. The number of aryl methyl sites for hydroxylation is 1. The van der Waals surface area contributed by atoms with Crippen molar-refractivity contribution in [2.45, 2.75) is 25.9 Å². The summed E-state index contributed by atoms with van der Waals surface area (Å²) >= 11 is 0. The van der Waals surface area contributed by atoms with Crippen LogP contribution in [0, 0.1) is 21.6 Å². The monoisotopic (exact) mass is 327 g/mol. The van der Waals surface area contributed by atoms with Gasteiger partial charge in [0.05, 0.1) is 0 Å². The van der Waals surface area contributed by atoms with Gasteiger partial charge in [0, 0.05) is 17.7 Å². The molecule has 1 aliphatic rings. The van der Waals surface area contributed by atoms with Crippen LogP contribution in [0.3, 0.4) is 0 Å². The van der Waals surface area contributed by atoms with Crippen LogP contribution in [0.5, 0.6) is 11.5 Å². The van der Waals surface area contributed by atoms with Crippen molar-refractivity contribution in [1.29, 1.82) is 0 Å². The molecule has 1 unspecified atom stereocenters. The highest BCUT2D eigenvalue weighted by molar-refractivity contribution is 5.67. The lowest BCUT2D eigenvalue weighted by molar-refractivity contribution is 0.176. The number of ether oxygens (including phenoxy) is 1. The predicted octanol–water partition coefficient (Wildman–Crippen LogP) is 4.96. The Balaban J connectivity index is 2.00. The highest BCUT2D eigenvalue weighted by Crippen LogP contribution is 2.43. The van der Waals surface area contributed by atoms with Gasteiger partial charge in [0.2, 0.25) is 0 Å². The van der Waals surface area contributed by atoms with Gasteiger partial charge in [-0.05, 0) is 58.6 Å².